The average Bonchev–Trinajstić information content (AvgIpc) is 2.79. The molecule has 174 valence electrons. The molecule has 2 aromatic carbocycles. The van der Waals surface area contributed by atoms with Gasteiger partial charge >= 0.3 is 6.03 Å². The Bertz CT molecular complexity index is 825. The van der Waals surface area contributed by atoms with Gasteiger partial charge in [-0.3, -0.25) is 4.90 Å². The van der Waals surface area contributed by atoms with E-state index in [0.29, 0.717) is 33.0 Å². The van der Waals surface area contributed by atoms with Crippen molar-refractivity contribution in [2.45, 2.75) is 46.4 Å². The monoisotopic (exact) mass is 439 g/mol. The Morgan fingerprint density at radius 3 is 2.62 bits per heavy atom. The highest BCUT2D eigenvalue weighted by Gasteiger charge is 2.16. The van der Waals surface area contributed by atoms with Gasteiger partial charge in [0.25, 0.3) is 0 Å². The van der Waals surface area contributed by atoms with Gasteiger partial charge < -0.3 is 20.1 Å². The molecule has 1 heterocycles. The van der Waals surface area contributed by atoms with Crippen LogP contribution < -0.4 is 10.6 Å². The molecule has 6 nitrogen and oxygen atoms in total. The summed E-state index contributed by atoms with van der Waals surface area (Å²) in [5, 5.41) is 5.83. The van der Waals surface area contributed by atoms with E-state index in [0.717, 1.165) is 29.3 Å². The maximum atomic E-state index is 12.3. The number of ether oxygens (including phenoxy) is 2. The predicted molar refractivity (Wildman–Crippen MR) is 129 cm³/mol. The first-order chi connectivity index (χ1) is 15.6. The van der Waals surface area contributed by atoms with E-state index < -0.39 is 0 Å². The van der Waals surface area contributed by atoms with Crippen LogP contribution in [0.2, 0.25) is 0 Å². The van der Waals surface area contributed by atoms with Crippen molar-refractivity contribution in [2.24, 2.45) is 5.92 Å². The minimum atomic E-state index is -0.217. The molecule has 0 aromatic heterocycles. The Morgan fingerprint density at radius 1 is 1.06 bits per heavy atom. The van der Waals surface area contributed by atoms with Gasteiger partial charge in [-0.2, -0.15) is 0 Å². The van der Waals surface area contributed by atoms with E-state index in [-0.39, 0.29) is 6.03 Å². The first-order valence-electron chi connectivity index (χ1n) is 11.7. The van der Waals surface area contributed by atoms with Gasteiger partial charge in [0.15, 0.2) is 0 Å². The van der Waals surface area contributed by atoms with Gasteiger partial charge in [-0.25, -0.2) is 4.79 Å². The molecule has 6 heteroatoms. The van der Waals surface area contributed by atoms with E-state index in [9.17, 15) is 4.79 Å². The highest BCUT2D eigenvalue weighted by atomic mass is 16.5. The minimum absolute atomic E-state index is 0.217. The van der Waals surface area contributed by atoms with E-state index in [1.807, 2.05) is 31.2 Å². The van der Waals surface area contributed by atoms with Gasteiger partial charge in [0.05, 0.1) is 19.8 Å². The van der Waals surface area contributed by atoms with Crippen LogP contribution in [0.3, 0.4) is 0 Å². The second-order valence-corrected chi connectivity index (χ2v) is 8.56. The molecular weight excluding hydrogens is 402 g/mol. The SMILES string of the molecule is CCOCCOCc1cccc(NC(=O)NCc2ccc(CN3CCC[C@@H](C)C3)cc2)c1. The Balaban J connectivity index is 1.39. The number of carbonyl (C=O) groups excluding carboxylic acids is 1. The quantitative estimate of drug-likeness (QED) is 0.494. The number of benzene rings is 2. The number of amides is 2. The number of hydrogen-bond donors (Lipinski definition) is 2. The van der Waals surface area contributed by atoms with Gasteiger partial charge in [-0.1, -0.05) is 43.3 Å². The Labute approximate surface area is 192 Å². The summed E-state index contributed by atoms with van der Waals surface area (Å²) in [5.41, 5.74) is 4.18. The largest absolute Gasteiger partial charge is 0.379 e. The number of carbonyl (C=O) groups is 1. The van der Waals surface area contributed by atoms with Crippen molar-refractivity contribution < 1.29 is 14.3 Å². The van der Waals surface area contributed by atoms with Gasteiger partial charge in [0.1, 0.15) is 0 Å². The third-order valence-corrected chi connectivity index (χ3v) is 5.65. The fourth-order valence-corrected chi connectivity index (χ4v) is 4.00. The van der Waals surface area contributed by atoms with Crippen LogP contribution in [0, 0.1) is 5.92 Å². The lowest BCUT2D eigenvalue weighted by atomic mass is 9.99. The lowest BCUT2D eigenvalue weighted by molar-refractivity contribution is 0.0453. The summed E-state index contributed by atoms with van der Waals surface area (Å²) in [6, 6.07) is 16.0. The fourth-order valence-electron chi connectivity index (χ4n) is 4.00. The highest BCUT2D eigenvalue weighted by molar-refractivity contribution is 5.89. The van der Waals surface area contributed by atoms with Crippen molar-refractivity contribution >= 4 is 11.7 Å². The molecule has 2 aromatic rings. The van der Waals surface area contributed by atoms with Gasteiger partial charge in [0, 0.05) is 31.9 Å². The van der Waals surface area contributed by atoms with E-state index in [2.05, 4.69) is 46.7 Å². The van der Waals surface area contributed by atoms with E-state index in [1.165, 1.54) is 31.5 Å². The van der Waals surface area contributed by atoms with Crippen LogP contribution >= 0.6 is 0 Å². The first kappa shape index (κ1) is 24.2. The average molecular weight is 440 g/mol. The molecule has 2 amide bonds. The van der Waals surface area contributed by atoms with E-state index in [1.54, 1.807) is 0 Å². The number of anilines is 1. The third-order valence-electron chi connectivity index (χ3n) is 5.65. The van der Waals surface area contributed by atoms with Crippen LogP contribution in [-0.4, -0.2) is 43.8 Å². The molecule has 2 N–H and O–H groups in total. The predicted octanol–water partition coefficient (Wildman–Crippen LogP) is 4.79. The molecule has 1 aliphatic heterocycles. The van der Waals surface area contributed by atoms with Crippen LogP contribution in [0.1, 0.15) is 43.4 Å². The number of nitrogens with one attached hydrogen (secondary N) is 2. The summed E-state index contributed by atoms with van der Waals surface area (Å²) in [5.74, 6) is 0.791. The maximum absolute atomic E-state index is 12.3. The molecule has 32 heavy (non-hydrogen) atoms. The molecule has 0 aliphatic carbocycles. The molecule has 1 atom stereocenters. The number of rotatable bonds is 11. The second kappa shape index (κ2) is 13.2. The van der Waals surface area contributed by atoms with Crippen LogP contribution in [0.4, 0.5) is 10.5 Å². The maximum Gasteiger partial charge on any atom is 0.319 e. The lowest BCUT2D eigenvalue weighted by Crippen LogP contribution is -2.33. The zero-order valence-corrected chi connectivity index (χ0v) is 19.4. The number of likely N-dealkylation sites (tertiary alicyclic amines) is 1. The van der Waals surface area contributed by atoms with Crippen molar-refractivity contribution in [3.63, 3.8) is 0 Å². The van der Waals surface area contributed by atoms with Gasteiger partial charge in [-0.15, -0.1) is 0 Å². The highest BCUT2D eigenvalue weighted by Crippen LogP contribution is 2.18. The number of hydrogen-bond acceptors (Lipinski definition) is 4. The van der Waals surface area contributed by atoms with Crippen molar-refractivity contribution in [3.05, 3.63) is 65.2 Å². The molecule has 0 saturated carbocycles. The van der Waals surface area contributed by atoms with E-state index >= 15 is 0 Å². The van der Waals surface area contributed by atoms with Gasteiger partial charge in [-0.05, 0) is 61.1 Å². The molecule has 0 unspecified atom stereocenters. The summed E-state index contributed by atoms with van der Waals surface area (Å²) in [4.78, 5) is 14.8. The fraction of sp³-hybridized carbons (Fsp3) is 0.500. The molecule has 3 rings (SSSR count). The molecular formula is C26H37N3O3. The van der Waals surface area contributed by atoms with Crippen molar-refractivity contribution in [3.8, 4) is 0 Å². The van der Waals surface area contributed by atoms with E-state index in [4.69, 9.17) is 9.47 Å². The zero-order valence-electron chi connectivity index (χ0n) is 19.4. The standard InChI is InChI=1S/C26H37N3O3/c1-3-31-14-15-32-20-24-7-4-8-25(16-24)28-26(30)27-17-22-9-11-23(12-10-22)19-29-13-5-6-21(2)18-29/h4,7-12,16,21H,3,5-6,13-15,17-20H2,1-2H3,(H2,27,28,30)/t21-/m1/s1. The van der Waals surface area contributed by atoms with Crippen molar-refractivity contribution in [1.29, 1.82) is 0 Å². The Morgan fingerprint density at radius 2 is 1.84 bits per heavy atom. The normalized spacial score (nSPS) is 16.6. The number of piperidine rings is 1. The smallest absolute Gasteiger partial charge is 0.319 e. The van der Waals surface area contributed by atoms with Crippen molar-refractivity contribution in [1.82, 2.24) is 10.2 Å². The summed E-state index contributed by atoms with van der Waals surface area (Å²) in [7, 11) is 0. The molecule has 0 bridgehead atoms. The summed E-state index contributed by atoms with van der Waals surface area (Å²) < 4.78 is 10.9. The Kier molecular flexibility index (Phi) is 10.0. The van der Waals surface area contributed by atoms with Crippen molar-refractivity contribution in [2.75, 3.05) is 38.2 Å². The molecule has 1 fully saturated rings. The topological polar surface area (TPSA) is 62.8 Å². The Hall–Kier alpha value is -2.41. The van der Waals surface area contributed by atoms with Crippen LogP contribution in [0.15, 0.2) is 48.5 Å². The second-order valence-electron chi connectivity index (χ2n) is 8.56. The minimum Gasteiger partial charge on any atom is -0.379 e. The zero-order chi connectivity index (χ0) is 22.6. The number of urea groups is 1. The molecule has 1 saturated heterocycles. The lowest BCUT2D eigenvalue weighted by Gasteiger charge is -2.30. The summed E-state index contributed by atoms with van der Waals surface area (Å²) in [6.07, 6.45) is 2.64. The molecule has 0 spiro atoms. The van der Waals surface area contributed by atoms with Crippen LogP contribution in [0.25, 0.3) is 0 Å². The summed E-state index contributed by atoms with van der Waals surface area (Å²) in [6.45, 7) is 10.5. The van der Waals surface area contributed by atoms with Crippen LogP contribution in [-0.2, 0) is 29.2 Å². The molecule has 0 radical (unpaired) electrons. The number of nitrogens with zero attached hydrogens (tertiary/aromatic N) is 1. The van der Waals surface area contributed by atoms with Crippen LogP contribution in [0.5, 0.6) is 0 Å². The molecule has 1 aliphatic rings. The first-order valence-corrected chi connectivity index (χ1v) is 11.7. The third kappa shape index (κ3) is 8.61. The van der Waals surface area contributed by atoms with Gasteiger partial charge in [0.2, 0.25) is 0 Å². The summed E-state index contributed by atoms with van der Waals surface area (Å²) >= 11 is 0.